The van der Waals surface area contributed by atoms with Gasteiger partial charge in [0.05, 0.1) is 11.0 Å². The van der Waals surface area contributed by atoms with Crippen LogP contribution in [-0.2, 0) is 9.59 Å². The number of halogens is 1. The van der Waals surface area contributed by atoms with Gasteiger partial charge < -0.3 is 0 Å². The van der Waals surface area contributed by atoms with Crippen LogP contribution >= 0.6 is 15.9 Å². The topological polar surface area (TPSA) is 37.4 Å². The van der Waals surface area contributed by atoms with Crippen LogP contribution in [0.4, 0.5) is 5.69 Å². The molecular formula is C15H18BrNO2. The Bertz CT molecular complexity index is 455. The monoisotopic (exact) mass is 323 g/mol. The Labute approximate surface area is 122 Å². The fraction of sp³-hybridized carbons (Fsp3) is 0.467. The van der Waals surface area contributed by atoms with Gasteiger partial charge in [-0.15, -0.1) is 0 Å². The van der Waals surface area contributed by atoms with E-state index >= 15 is 0 Å². The summed E-state index contributed by atoms with van der Waals surface area (Å²) in [7, 11) is 0. The molecule has 2 rings (SSSR count). The molecular weight excluding hydrogens is 306 g/mol. The number of amides is 2. The fourth-order valence-corrected chi connectivity index (χ4v) is 3.05. The maximum Gasteiger partial charge on any atom is 0.244 e. The normalized spacial score (nSPS) is 16.1. The molecule has 0 atom stereocenters. The summed E-state index contributed by atoms with van der Waals surface area (Å²) < 4.78 is 0. The van der Waals surface area contributed by atoms with E-state index in [9.17, 15) is 9.59 Å². The summed E-state index contributed by atoms with van der Waals surface area (Å²) in [5.74, 6) is 0.244. The van der Waals surface area contributed by atoms with Gasteiger partial charge in [0, 0.05) is 0 Å². The number of alkyl halides is 1. The first-order chi connectivity index (χ1) is 9.27. The van der Waals surface area contributed by atoms with Crippen LogP contribution in [0.3, 0.4) is 0 Å². The molecule has 0 heterocycles. The quantitative estimate of drug-likeness (QED) is 0.627. The standard InChI is InChI=1S/C15H18BrNO2/c16-10-15(19)17(11-18)14-9-5-4-8-13(14)12-6-2-1-3-7-12/h4-5,8-9,11-12H,1-3,6-7,10H2. The molecule has 1 aliphatic rings. The minimum Gasteiger partial charge on any atom is -0.278 e. The zero-order valence-corrected chi connectivity index (χ0v) is 12.4. The maximum atomic E-state index is 11.8. The van der Waals surface area contributed by atoms with E-state index in [0.29, 0.717) is 12.3 Å². The lowest BCUT2D eigenvalue weighted by molar-refractivity contribution is -0.119. The molecule has 0 radical (unpaired) electrons. The van der Waals surface area contributed by atoms with Gasteiger partial charge in [0.15, 0.2) is 0 Å². The van der Waals surface area contributed by atoms with Gasteiger partial charge in [-0.3, -0.25) is 14.5 Å². The van der Waals surface area contributed by atoms with E-state index in [1.165, 1.54) is 24.2 Å². The van der Waals surface area contributed by atoms with Gasteiger partial charge in [0.25, 0.3) is 0 Å². The fourth-order valence-electron chi connectivity index (χ4n) is 2.78. The third kappa shape index (κ3) is 3.24. The molecule has 0 aromatic heterocycles. The molecule has 4 heteroatoms. The highest BCUT2D eigenvalue weighted by Crippen LogP contribution is 2.37. The second-order valence-electron chi connectivity index (χ2n) is 4.90. The van der Waals surface area contributed by atoms with Crippen LogP contribution in [0.15, 0.2) is 24.3 Å². The van der Waals surface area contributed by atoms with E-state index in [0.717, 1.165) is 24.1 Å². The van der Waals surface area contributed by atoms with Crippen LogP contribution in [0.25, 0.3) is 0 Å². The van der Waals surface area contributed by atoms with Crippen molar-refractivity contribution < 1.29 is 9.59 Å². The highest BCUT2D eigenvalue weighted by molar-refractivity contribution is 9.09. The van der Waals surface area contributed by atoms with Gasteiger partial charge >= 0.3 is 0 Å². The van der Waals surface area contributed by atoms with E-state index < -0.39 is 0 Å². The SMILES string of the molecule is O=CN(C(=O)CBr)c1ccccc1C1CCCCC1. The van der Waals surface area contributed by atoms with Gasteiger partial charge in [0.2, 0.25) is 12.3 Å². The Morgan fingerprint density at radius 1 is 1.26 bits per heavy atom. The summed E-state index contributed by atoms with van der Waals surface area (Å²) in [6.45, 7) is 0. The third-order valence-corrected chi connectivity index (χ3v) is 4.21. The summed E-state index contributed by atoms with van der Waals surface area (Å²) in [5.41, 5.74) is 1.87. The summed E-state index contributed by atoms with van der Waals surface area (Å²) >= 11 is 3.12. The molecule has 2 amide bonds. The molecule has 1 aromatic carbocycles. The van der Waals surface area contributed by atoms with Crippen molar-refractivity contribution in [1.29, 1.82) is 0 Å². The molecule has 1 fully saturated rings. The second kappa shape index (κ2) is 6.85. The van der Waals surface area contributed by atoms with Crippen molar-refractivity contribution in [2.45, 2.75) is 38.0 Å². The largest absolute Gasteiger partial charge is 0.278 e. The van der Waals surface area contributed by atoms with Crippen LogP contribution in [-0.4, -0.2) is 17.6 Å². The van der Waals surface area contributed by atoms with E-state index in [2.05, 4.69) is 15.9 Å². The van der Waals surface area contributed by atoms with E-state index in [1.807, 2.05) is 24.3 Å². The lowest BCUT2D eigenvalue weighted by atomic mass is 9.83. The van der Waals surface area contributed by atoms with Crippen LogP contribution < -0.4 is 4.90 Å². The van der Waals surface area contributed by atoms with Gasteiger partial charge in [-0.1, -0.05) is 53.4 Å². The Kier molecular flexibility index (Phi) is 5.14. The number of benzene rings is 1. The molecule has 0 bridgehead atoms. The number of carbonyl (C=O) groups is 2. The van der Waals surface area contributed by atoms with Gasteiger partial charge in [-0.25, -0.2) is 0 Å². The Morgan fingerprint density at radius 3 is 2.58 bits per heavy atom. The number of hydrogen-bond acceptors (Lipinski definition) is 2. The van der Waals surface area contributed by atoms with Crippen molar-refractivity contribution >= 4 is 33.9 Å². The Morgan fingerprint density at radius 2 is 1.95 bits per heavy atom. The molecule has 0 unspecified atom stereocenters. The van der Waals surface area contributed by atoms with Gasteiger partial charge in [-0.05, 0) is 30.4 Å². The molecule has 0 spiro atoms. The molecule has 3 nitrogen and oxygen atoms in total. The summed E-state index contributed by atoms with van der Waals surface area (Å²) in [6.07, 6.45) is 6.65. The summed E-state index contributed by atoms with van der Waals surface area (Å²) in [6, 6.07) is 7.76. The van der Waals surface area contributed by atoms with Crippen molar-refractivity contribution in [3.8, 4) is 0 Å². The first-order valence-electron chi connectivity index (χ1n) is 6.70. The van der Waals surface area contributed by atoms with Gasteiger partial charge in [-0.2, -0.15) is 0 Å². The molecule has 0 N–H and O–H groups in total. The first kappa shape index (κ1) is 14.3. The predicted octanol–water partition coefficient (Wildman–Crippen LogP) is 3.62. The summed E-state index contributed by atoms with van der Waals surface area (Å²) in [5, 5.41) is 0.157. The smallest absolute Gasteiger partial charge is 0.244 e. The van der Waals surface area contributed by atoms with Crippen LogP contribution in [0, 0.1) is 0 Å². The lowest BCUT2D eigenvalue weighted by Crippen LogP contribution is -2.31. The number of carbonyl (C=O) groups excluding carboxylic acids is 2. The van der Waals surface area contributed by atoms with E-state index in [4.69, 9.17) is 0 Å². The zero-order valence-electron chi connectivity index (χ0n) is 10.8. The maximum absolute atomic E-state index is 11.8. The minimum absolute atomic E-state index is 0.157. The number of rotatable bonds is 4. The number of hydrogen-bond donors (Lipinski definition) is 0. The predicted molar refractivity (Wildman–Crippen MR) is 79.6 cm³/mol. The third-order valence-electron chi connectivity index (χ3n) is 3.73. The number of nitrogens with zero attached hydrogens (tertiary/aromatic N) is 1. The molecule has 19 heavy (non-hydrogen) atoms. The molecule has 1 aliphatic carbocycles. The van der Waals surface area contributed by atoms with Crippen LogP contribution in [0.2, 0.25) is 0 Å². The molecule has 1 aromatic rings. The zero-order chi connectivity index (χ0) is 13.7. The number of para-hydroxylation sites is 1. The van der Waals surface area contributed by atoms with Crippen molar-refractivity contribution in [2.24, 2.45) is 0 Å². The van der Waals surface area contributed by atoms with Gasteiger partial charge in [0.1, 0.15) is 0 Å². The second-order valence-corrected chi connectivity index (χ2v) is 5.46. The molecule has 102 valence electrons. The number of imide groups is 1. The average Bonchev–Trinajstić information content (AvgIpc) is 2.49. The number of anilines is 1. The summed E-state index contributed by atoms with van der Waals surface area (Å²) in [4.78, 5) is 24.3. The first-order valence-corrected chi connectivity index (χ1v) is 7.82. The van der Waals surface area contributed by atoms with Crippen LogP contribution in [0.5, 0.6) is 0 Å². The average molecular weight is 324 g/mol. The van der Waals surface area contributed by atoms with Crippen LogP contribution in [0.1, 0.15) is 43.6 Å². The molecule has 0 aliphatic heterocycles. The Hall–Kier alpha value is -1.16. The highest BCUT2D eigenvalue weighted by atomic mass is 79.9. The highest BCUT2D eigenvalue weighted by Gasteiger charge is 2.23. The van der Waals surface area contributed by atoms with E-state index in [1.54, 1.807) is 0 Å². The van der Waals surface area contributed by atoms with Crippen molar-refractivity contribution in [1.82, 2.24) is 0 Å². The minimum atomic E-state index is -0.224. The van der Waals surface area contributed by atoms with Crippen molar-refractivity contribution in [2.75, 3.05) is 10.2 Å². The lowest BCUT2D eigenvalue weighted by Gasteiger charge is -2.26. The Balaban J connectivity index is 2.33. The molecule has 1 saturated carbocycles. The molecule has 0 saturated heterocycles. The van der Waals surface area contributed by atoms with E-state index in [-0.39, 0.29) is 11.2 Å². The van der Waals surface area contributed by atoms with Crippen molar-refractivity contribution in [3.63, 3.8) is 0 Å². The van der Waals surface area contributed by atoms with Crippen molar-refractivity contribution in [3.05, 3.63) is 29.8 Å².